The second kappa shape index (κ2) is 9.68. The van der Waals surface area contributed by atoms with E-state index in [1.54, 1.807) is 6.07 Å². The molecule has 2 heterocycles. The molecule has 1 aliphatic heterocycles. The van der Waals surface area contributed by atoms with Gasteiger partial charge in [0.1, 0.15) is 18.5 Å². The van der Waals surface area contributed by atoms with Gasteiger partial charge in [0, 0.05) is 24.6 Å². The van der Waals surface area contributed by atoms with Crippen molar-refractivity contribution in [3.63, 3.8) is 0 Å². The molecule has 0 unspecified atom stereocenters. The van der Waals surface area contributed by atoms with Crippen molar-refractivity contribution in [3.05, 3.63) is 22.4 Å². The zero-order valence-electron chi connectivity index (χ0n) is 16.1. The van der Waals surface area contributed by atoms with Crippen LogP contribution in [-0.4, -0.2) is 53.0 Å². The van der Waals surface area contributed by atoms with Gasteiger partial charge in [0.25, 0.3) is 0 Å². The Balaban J connectivity index is 1.58. The third-order valence-electron chi connectivity index (χ3n) is 5.65. The van der Waals surface area contributed by atoms with Crippen molar-refractivity contribution in [1.82, 2.24) is 9.88 Å². The van der Waals surface area contributed by atoms with Gasteiger partial charge in [-0.05, 0) is 51.6 Å². The minimum atomic E-state index is -0.443. The number of hydrogen-bond acceptors (Lipinski definition) is 7. The lowest BCUT2D eigenvalue weighted by Crippen LogP contribution is -2.33. The lowest BCUT2D eigenvalue weighted by atomic mass is 9.85. The van der Waals surface area contributed by atoms with Crippen LogP contribution < -0.4 is 15.8 Å². The number of nitro groups is 1. The van der Waals surface area contributed by atoms with Crippen molar-refractivity contribution in [1.29, 1.82) is 0 Å². The van der Waals surface area contributed by atoms with E-state index < -0.39 is 4.92 Å². The minimum absolute atomic E-state index is 0.0675. The third kappa shape index (κ3) is 5.54. The Morgan fingerprint density at radius 2 is 2.00 bits per heavy atom. The fraction of sp³-hybridized carbons (Fsp3) is 0.684. The molecular formula is C19H29N5O4. The van der Waals surface area contributed by atoms with Crippen LogP contribution in [0.3, 0.4) is 0 Å². The quantitative estimate of drug-likeness (QED) is 0.515. The molecule has 0 spiro atoms. The lowest BCUT2D eigenvalue weighted by molar-refractivity contribution is -0.384. The summed E-state index contributed by atoms with van der Waals surface area (Å²) in [4.78, 5) is 28.7. The Labute approximate surface area is 164 Å². The number of nitrogens with two attached hydrogens (primary N) is 1. The summed E-state index contributed by atoms with van der Waals surface area (Å²) in [6.45, 7) is 3.53. The molecule has 1 aliphatic carbocycles. The first kappa shape index (κ1) is 20.3. The summed E-state index contributed by atoms with van der Waals surface area (Å²) in [7, 11) is 0. The number of nitrogens with one attached hydrogen (secondary N) is 1. The number of likely N-dealkylation sites (tertiary alicyclic amines) is 1. The molecule has 0 radical (unpaired) electrons. The molecule has 3 N–H and O–H groups in total. The van der Waals surface area contributed by atoms with E-state index in [1.807, 2.05) is 0 Å². The van der Waals surface area contributed by atoms with Crippen LogP contribution in [0.5, 0.6) is 5.88 Å². The molecule has 3 rings (SSSR count). The lowest BCUT2D eigenvalue weighted by Gasteiger charge is -2.28. The first-order valence-corrected chi connectivity index (χ1v) is 10.1. The van der Waals surface area contributed by atoms with E-state index in [9.17, 15) is 14.9 Å². The van der Waals surface area contributed by atoms with Crippen LogP contribution in [0, 0.1) is 16.0 Å². The molecule has 0 aromatic carbocycles. The van der Waals surface area contributed by atoms with Gasteiger partial charge in [0.15, 0.2) is 0 Å². The highest BCUT2D eigenvalue weighted by Gasteiger charge is 2.26. The number of primary amides is 1. The van der Waals surface area contributed by atoms with Crippen molar-refractivity contribution < 1.29 is 14.5 Å². The molecule has 1 saturated carbocycles. The monoisotopic (exact) mass is 391 g/mol. The second-order valence-corrected chi connectivity index (χ2v) is 7.64. The second-order valence-electron chi connectivity index (χ2n) is 7.64. The molecule has 1 amide bonds. The number of amides is 1. The predicted molar refractivity (Wildman–Crippen MR) is 105 cm³/mol. The van der Waals surface area contributed by atoms with Gasteiger partial charge in [-0.3, -0.25) is 19.8 Å². The molecule has 1 aromatic rings. The average Bonchev–Trinajstić information content (AvgIpc) is 2.69. The van der Waals surface area contributed by atoms with Crippen LogP contribution in [0.15, 0.2) is 12.3 Å². The number of carbonyl (C=O) groups is 1. The van der Waals surface area contributed by atoms with Crippen molar-refractivity contribution >= 4 is 17.3 Å². The zero-order valence-corrected chi connectivity index (χ0v) is 16.1. The summed E-state index contributed by atoms with van der Waals surface area (Å²) in [6.07, 6.45) is 7.88. The van der Waals surface area contributed by atoms with Gasteiger partial charge in [0.2, 0.25) is 11.8 Å². The summed E-state index contributed by atoms with van der Waals surface area (Å²) >= 11 is 0. The van der Waals surface area contributed by atoms with Gasteiger partial charge in [0.05, 0.1) is 4.92 Å². The molecule has 2 aliphatic rings. The predicted octanol–water partition coefficient (Wildman–Crippen LogP) is 2.31. The molecule has 154 valence electrons. The Hall–Kier alpha value is -2.42. The number of hydrogen-bond donors (Lipinski definition) is 2. The fourth-order valence-electron chi connectivity index (χ4n) is 3.97. The summed E-state index contributed by atoms with van der Waals surface area (Å²) < 4.78 is 5.75. The number of aromatic nitrogens is 1. The maximum Gasteiger partial charge on any atom is 0.310 e. The molecular weight excluding hydrogens is 362 g/mol. The summed E-state index contributed by atoms with van der Waals surface area (Å²) in [6, 6.07) is 1.67. The normalized spacial score (nSPS) is 23.1. The molecule has 1 saturated heterocycles. The summed E-state index contributed by atoms with van der Waals surface area (Å²) in [5.41, 5.74) is 5.72. The third-order valence-corrected chi connectivity index (χ3v) is 5.65. The number of nitrogens with zero attached hydrogens (tertiary/aromatic N) is 3. The topological polar surface area (TPSA) is 124 Å². The molecule has 0 atom stereocenters. The average molecular weight is 391 g/mol. The molecule has 28 heavy (non-hydrogen) atoms. The number of carbonyl (C=O) groups excluding carboxylic acids is 1. The van der Waals surface area contributed by atoms with Crippen LogP contribution in [-0.2, 0) is 4.79 Å². The van der Waals surface area contributed by atoms with Gasteiger partial charge >= 0.3 is 5.69 Å². The maximum atomic E-state index is 11.4. The van der Waals surface area contributed by atoms with E-state index in [0.29, 0.717) is 31.0 Å². The smallest absolute Gasteiger partial charge is 0.310 e. The van der Waals surface area contributed by atoms with E-state index in [4.69, 9.17) is 10.5 Å². The zero-order chi connectivity index (χ0) is 19.9. The van der Waals surface area contributed by atoms with E-state index >= 15 is 0 Å². The Morgan fingerprint density at radius 3 is 2.64 bits per heavy atom. The van der Waals surface area contributed by atoms with Crippen molar-refractivity contribution in [2.45, 2.75) is 51.0 Å². The molecule has 1 aromatic heterocycles. The van der Waals surface area contributed by atoms with E-state index in [2.05, 4.69) is 15.2 Å². The van der Waals surface area contributed by atoms with Crippen molar-refractivity contribution in [2.24, 2.45) is 11.7 Å². The van der Waals surface area contributed by atoms with Gasteiger partial charge in [-0.1, -0.05) is 6.42 Å². The van der Waals surface area contributed by atoms with Gasteiger partial charge in [-0.2, -0.15) is 0 Å². The van der Waals surface area contributed by atoms with E-state index in [-0.39, 0.29) is 23.6 Å². The highest BCUT2D eigenvalue weighted by molar-refractivity contribution is 5.76. The Bertz CT molecular complexity index is 685. The van der Waals surface area contributed by atoms with Crippen LogP contribution >= 0.6 is 0 Å². The van der Waals surface area contributed by atoms with Crippen LogP contribution in [0.2, 0.25) is 0 Å². The first-order chi connectivity index (χ1) is 13.5. The maximum absolute atomic E-state index is 11.4. The number of pyridine rings is 1. The van der Waals surface area contributed by atoms with Gasteiger partial charge < -0.3 is 15.8 Å². The number of ether oxygens (including phenoxy) is 1. The number of piperidine rings is 1. The van der Waals surface area contributed by atoms with E-state index in [0.717, 1.165) is 32.5 Å². The minimum Gasteiger partial charge on any atom is -0.476 e. The summed E-state index contributed by atoms with van der Waals surface area (Å²) in [5, 5.41) is 14.6. The number of rotatable bonds is 8. The molecule has 9 heteroatoms. The van der Waals surface area contributed by atoms with Crippen LogP contribution in [0.1, 0.15) is 44.9 Å². The van der Waals surface area contributed by atoms with Crippen molar-refractivity contribution in [2.75, 3.05) is 31.6 Å². The van der Waals surface area contributed by atoms with E-state index in [1.165, 1.54) is 25.5 Å². The van der Waals surface area contributed by atoms with Crippen LogP contribution in [0.25, 0.3) is 0 Å². The van der Waals surface area contributed by atoms with Gasteiger partial charge in [-0.15, -0.1) is 0 Å². The standard InChI is InChI=1S/C19H29N5O4/c20-19(25)14-4-6-15(7-5-14)22-16-12-18(21-13-17(16)24(26)27)28-11-10-23-8-2-1-3-9-23/h12-15H,1-11H2,(H2,20,25)(H,21,22). The Morgan fingerprint density at radius 1 is 1.29 bits per heavy atom. The highest BCUT2D eigenvalue weighted by Crippen LogP contribution is 2.31. The van der Waals surface area contributed by atoms with Crippen molar-refractivity contribution in [3.8, 4) is 5.88 Å². The number of anilines is 1. The molecule has 0 bridgehead atoms. The fourth-order valence-corrected chi connectivity index (χ4v) is 3.97. The van der Waals surface area contributed by atoms with Gasteiger partial charge in [-0.25, -0.2) is 4.98 Å². The molecule has 2 fully saturated rings. The molecule has 9 nitrogen and oxygen atoms in total. The first-order valence-electron chi connectivity index (χ1n) is 10.1. The highest BCUT2D eigenvalue weighted by atomic mass is 16.6. The Kier molecular flexibility index (Phi) is 7.02. The SMILES string of the molecule is NC(=O)C1CCC(Nc2cc(OCCN3CCCCC3)ncc2[N+](=O)[O-])CC1. The van der Waals surface area contributed by atoms with Crippen LogP contribution in [0.4, 0.5) is 11.4 Å². The largest absolute Gasteiger partial charge is 0.476 e. The summed E-state index contributed by atoms with van der Waals surface area (Å²) in [5.74, 6) is 0.0211.